The number of ether oxygens (including phenoxy) is 1. The van der Waals surface area contributed by atoms with E-state index in [2.05, 4.69) is 10.6 Å². The standard InChI is InChI=1S/C16H23FN2O2/c1-11(14-9-12(17)7-8-15(14)21-2)19-16(20)10-18-13-5-3-4-6-13/h7-9,11,13,18H,3-6,10H2,1-2H3,(H,19,20). The molecule has 2 rings (SSSR count). The summed E-state index contributed by atoms with van der Waals surface area (Å²) >= 11 is 0. The van der Waals surface area contributed by atoms with Gasteiger partial charge in [0.05, 0.1) is 19.7 Å². The summed E-state index contributed by atoms with van der Waals surface area (Å²) in [7, 11) is 1.53. The van der Waals surface area contributed by atoms with Gasteiger partial charge in [0.15, 0.2) is 0 Å². The minimum atomic E-state index is -0.337. The number of nitrogens with one attached hydrogen (secondary N) is 2. The second-order valence-corrected chi connectivity index (χ2v) is 5.54. The molecule has 0 radical (unpaired) electrons. The van der Waals surface area contributed by atoms with Crippen molar-refractivity contribution in [1.82, 2.24) is 10.6 Å². The Morgan fingerprint density at radius 1 is 1.43 bits per heavy atom. The summed E-state index contributed by atoms with van der Waals surface area (Å²) in [6.45, 7) is 2.12. The third kappa shape index (κ3) is 4.43. The van der Waals surface area contributed by atoms with Crippen molar-refractivity contribution in [2.24, 2.45) is 0 Å². The van der Waals surface area contributed by atoms with E-state index in [-0.39, 0.29) is 17.8 Å². The van der Waals surface area contributed by atoms with E-state index >= 15 is 0 Å². The maximum absolute atomic E-state index is 13.4. The van der Waals surface area contributed by atoms with Gasteiger partial charge in [-0.05, 0) is 38.0 Å². The first-order chi connectivity index (χ1) is 10.1. The zero-order valence-corrected chi connectivity index (χ0v) is 12.6. The lowest BCUT2D eigenvalue weighted by Gasteiger charge is -2.18. The quantitative estimate of drug-likeness (QED) is 0.847. The lowest BCUT2D eigenvalue weighted by molar-refractivity contribution is -0.121. The van der Waals surface area contributed by atoms with Crippen LogP contribution in [0, 0.1) is 5.82 Å². The van der Waals surface area contributed by atoms with Gasteiger partial charge in [0.2, 0.25) is 5.91 Å². The van der Waals surface area contributed by atoms with Gasteiger partial charge in [-0.1, -0.05) is 12.8 Å². The van der Waals surface area contributed by atoms with Gasteiger partial charge in [0.1, 0.15) is 11.6 Å². The van der Waals surface area contributed by atoms with E-state index < -0.39 is 0 Å². The summed E-state index contributed by atoms with van der Waals surface area (Å²) in [5.74, 6) is 0.157. The van der Waals surface area contributed by atoms with Gasteiger partial charge in [0.25, 0.3) is 0 Å². The van der Waals surface area contributed by atoms with Gasteiger partial charge < -0.3 is 15.4 Å². The fraction of sp³-hybridized carbons (Fsp3) is 0.562. The summed E-state index contributed by atoms with van der Waals surface area (Å²) in [4.78, 5) is 12.0. The van der Waals surface area contributed by atoms with Crippen LogP contribution in [-0.2, 0) is 4.79 Å². The van der Waals surface area contributed by atoms with E-state index in [1.807, 2.05) is 6.92 Å². The van der Waals surface area contributed by atoms with Crippen LogP contribution in [0.2, 0.25) is 0 Å². The Bertz CT molecular complexity index is 487. The highest BCUT2D eigenvalue weighted by atomic mass is 19.1. The highest BCUT2D eigenvalue weighted by Gasteiger charge is 2.18. The Labute approximate surface area is 125 Å². The molecule has 1 aliphatic carbocycles. The van der Waals surface area contributed by atoms with Crippen molar-refractivity contribution in [2.45, 2.75) is 44.7 Å². The number of benzene rings is 1. The van der Waals surface area contributed by atoms with Gasteiger partial charge in [-0.2, -0.15) is 0 Å². The number of rotatable bonds is 6. The van der Waals surface area contributed by atoms with Crippen molar-refractivity contribution in [3.8, 4) is 5.75 Å². The molecule has 1 amide bonds. The Morgan fingerprint density at radius 2 is 2.14 bits per heavy atom. The molecule has 1 unspecified atom stereocenters. The highest BCUT2D eigenvalue weighted by molar-refractivity contribution is 5.78. The summed E-state index contributed by atoms with van der Waals surface area (Å²) in [5.41, 5.74) is 0.645. The minimum absolute atomic E-state index is 0.0827. The van der Waals surface area contributed by atoms with Crippen molar-refractivity contribution >= 4 is 5.91 Å². The molecule has 0 heterocycles. The summed E-state index contributed by atoms with van der Waals surface area (Å²) in [5, 5.41) is 6.13. The van der Waals surface area contributed by atoms with Crippen molar-refractivity contribution in [2.75, 3.05) is 13.7 Å². The van der Waals surface area contributed by atoms with Gasteiger partial charge >= 0.3 is 0 Å². The van der Waals surface area contributed by atoms with Crippen LogP contribution in [-0.4, -0.2) is 25.6 Å². The third-order valence-corrected chi connectivity index (χ3v) is 3.94. The lowest BCUT2D eigenvalue weighted by atomic mass is 10.1. The van der Waals surface area contributed by atoms with Crippen LogP contribution in [0.1, 0.15) is 44.2 Å². The molecule has 5 heteroatoms. The SMILES string of the molecule is COc1ccc(F)cc1C(C)NC(=O)CNC1CCCC1. The Hall–Kier alpha value is -1.62. The smallest absolute Gasteiger partial charge is 0.234 e. The fourth-order valence-electron chi connectivity index (χ4n) is 2.78. The largest absolute Gasteiger partial charge is 0.496 e. The molecule has 1 aliphatic rings. The topological polar surface area (TPSA) is 50.4 Å². The van der Waals surface area contributed by atoms with Crippen LogP contribution in [0.15, 0.2) is 18.2 Å². The van der Waals surface area contributed by atoms with Crippen LogP contribution in [0.4, 0.5) is 4.39 Å². The maximum atomic E-state index is 13.4. The highest BCUT2D eigenvalue weighted by Crippen LogP contribution is 2.25. The zero-order chi connectivity index (χ0) is 15.2. The molecule has 1 fully saturated rings. The van der Waals surface area contributed by atoms with E-state index in [1.54, 1.807) is 6.07 Å². The molecule has 1 atom stereocenters. The number of hydrogen-bond donors (Lipinski definition) is 2. The van der Waals surface area contributed by atoms with Crippen LogP contribution in [0.5, 0.6) is 5.75 Å². The normalized spacial score (nSPS) is 16.7. The molecule has 0 aliphatic heterocycles. The molecule has 21 heavy (non-hydrogen) atoms. The Morgan fingerprint density at radius 3 is 2.81 bits per heavy atom. The average molecular weight is 294 g/mol. The fourth-order valence-corrected chi connectivity index (χ4v) is 2.78. The molecule has 0 spiro atoms. The number of carbonyl (C=O) groups is 1. The van der Waals surface area contributed by atoms with Gasteiger partial charge in [-0.15, -0.1) is 0 Å². The molecular formula is C16H23FN2O2. The summed E-state index contributed by atoms with van der Waals surface area (Å²) < 4.78 is 18.6. The van der Waals surface area contributed by atoms with Crippen molar-refractivity contribution < 1.29 is 13.9 Å². The number of amides is 1. The molecule has 0 saturated heterocycles. The number of hydrogen-bond acceptors (Lipinski definition) is 3. The van der Waals surface area contributed by atoms with Crippen molar-refractivity contribution in [1.29, 1.82) is 0 Å². The van der Waals surface area contributed by atoms with E-state index in [4.69, 9.17) is 4.74 Å². The van der Waals surface area contributed by atoms with Gasteiger partial charge in [0, 0.05) is 11.6 Å². The van der Waals surface area contributed by atoms with Crippen LogP contribution in [0.3, 0.4) is 0 Å². The summed E-state index contributed by atoms with van der Waals surface area (Å²) in [6, 6.07) is 4.47. The molecule has 1 saturated carbocycles. The molecule has 0 aromatic heterocycles. The Balaban J connectivity index is 1.89. The zero-order valence-electron chi connectivity index (χ0n) is 12.6. The van der Waals surface area contributed by atoms with Crippen LogP contribution < -0.4 is 15.4 Å². The molecule has 1 aromatic carbocycles. The molecule has 1 aromatic rings. The van der Waals surface area contributed by atoms with E-state index in [0.717, 1.165) is 12.8 Å². The second kappa shape index (κ2) is 7.41. The Kier molecular flexibility index (Phi) is 5.56. The average Bonchev–Trinajstić information content (AvgIpc) is 2.98. The second-order valence-electron chi connectivity index (χ2n) is 5.54. The third-order valence-electron chi connectivity index (χ3n) is 3.94. The lowest BCUT2D eigenvalue weighted by Crippen LogP contribution is -2.39. The number of methoxy groups -OCH3 is 1. The predicted molar refractivity (Wildman–Crippen MR) is 79.8 cm³/mol. The van der Waals surface area contributed by atoms with Crippen LogP contribution >= 0.6 is 0 Å². The van der Waals surface area contributed by atoms with Crippen molar-refractivity contribution in [3.63, 3.8) is 0 Å². The molecule has 0 bridgehead atoms. The first kappa shape index (κ1) is 15.8. The van der Waals surface area contributed by atoms with Gasteiger partial charge in [-0.25, -0.2) is 4.39 Å². The van der Waals surface area contributed by atoms with Crippen molar-refractivity contribution in [3.05, 3.63) is 29.6 Å². The number of halogens is 1. The monoisotopic (exact) mass is 294 g/mol. The predicted octanol–water partition coefficient (Wildman–Crippen LogP) is 2.54. The van der Waals surface area contributed by atoms with Gasteiger partial charge in [-0.3, -0.25) is 4.79 Å². The minimum Gasteiger partial charge on any atom is -0.496 e. The number of carbonyl (C=O) groups excluding carboxylic acids is 1. The molecule has 2 N–H and O–H groups in total. The summed E-state index contributed by atoms with van der Waals surface area (Å²) in [6.07, 6.45) is 4.74. The maximum Gasteiger partial charge on any atom is 0.234 e. The first-order valence-corrected chi connectivity index (χ1v) is 7.46. The molecule has 116 valence electrons. The van der Waals surface area contributed by atoms with E-state index in [0.29, 0.717) is 23.9 Å². The molecular weight excluding hydrogens is 271 g/mol. The molecule has 4 nitrogen and oxygen atoms in total. The van der Waals surface area contributed by atoms with E-state index in [1.165, 1.54) is 32.1 Å². The van der Waals surface area contributed by atoms with E-state index in [9.17, 15) is 9.18 Å². The first-order valence-electron chi connectivity index (χ1n) is 7.46. The van der Waals surface area contributed by atoms with Crippen LogP contribution in [0.25, 0.3) is 0 Å².